The molecule has 0 N–H and O–H groups in total. The number of fused-ring (bicyclic) bond motifs is 1. The highest BCUT2D eigenvalue weighted by Gasteiger charge is 2.31. The summed E-state index contributed by atoms with van der Waals surface area (Å²) in [6, 6.07) is 30.3. The van der Waals surface area contributed by atoms with Crippen LogP contribution in [0.25, 0.3) is 22.4 Å². The minimum Gasteiger partial charge on any atom is -0.343 e. The van der Waals surface area contributed by atoms with Gasteiger partial charge in [-0.1, -0.05) is 91.0 Å². The third-order valence-corrected chi connectivity index (χ3v) is 5.54. The van der Waals surface area contributed by atoms with Crippen molar-refractivity contribution in [2.45, 2.75) is 19.4 Å². The SMILES string of the molecule is O=C(c1ccccc1)c1c(-c2ccccc2)c2n(c1-c1ccccc1)CCC2. The molecule has 1 aromatic heterocycles. The van der Waals surface area contributed by atoms with E-state index < -0.39 is 0 Å². The lowest BCUT2D eigenvalue weighted by Crippen LogP contribution is -2.06. The van der Waals surface area contributed by atoms with Crippen molar-refractivity contribution < 1.29 is 4.79 Å². The van der Waals surface area contributed by atoms with Crippen molar-refractivity contribution >= 4 is 5.78 Å². The Morgan fingerprint density at radius 2 is 1.29 bits per heavy atom. The van der Waals surface area contributed by atoms with Gasteiger partial charge < -0.3 is 4.57 Å². The molecular weight excluding hydrogens is 342 g/mol. The van der Waals surface area contributed by atoms with E-state index in [0.29, 0.717) is 0 Å². The number of nitrogens with zero attached hydrogens (tertiary/aromatic N) is 1. The molecule has 0 unspecified atom stereocenters. The first-order valence-electron chi connectivity index (χ1n) is 9.80. The molecule has 1 aliphatic heterocycles. The Kier molecular flexibility index (Phi) is 4.17. The zero-order valence-electron chi connectivity index (χ0n) is 15.6. The number of hydrogen-bond acceptors (Lipinski definition) is 1. The van der Waals surface area contributed by atoms with Crippen LogP contribution in [0.2, 0.25) is 0 Å². The van der Waals surface area contributed by atoms with Gasteiger partial charge in [-0.25, -0.2) is 0 Å². The smallest absolute Gasteiger partial charge is 0.195 e. The van der Waals surface area contributed by atoms with Crippen LogP contribution in [0, 0.1) is 0 Å². The summed E-state index contributed by atoms with van der Waals surface area (Å²) in [4.78, 5) is 13.7. The molecule has 0 aliphatic carbocycles. The van der Waals surface area contributed by atoms with E-state index in [1.165, 1.54) is 5.69 Å². The topological polar surface area (TPSA) is 22.0 Å². The summed E-state index contributed by atoms with van der Waals surface area (Å²) >= 11 is 0. The maximum Gasteiger partial charge on any atom is 0.195 e. The van der Waals surface area contributed by atoms with Crippen LogP contribution in [0.1, 0.15) is 28.0 Å². The van der Waals surface area contributed by atoms with Gasteiger partial charge in [-0.05, 0) is 24.0 Å². The second-order valence-electron chi connectivity index (χ2n) is 7.23. The van der Waals surface area contributed by atoms with Gasteiger partial charge in [0.1, 0.15) is 0 Å². The Morgan fingerprint density at radius 1 is 0.714 bits per heavy atom. The predicted molar refractivity (Wildman–Crippen MR) is 113 cm³/mol. The number of aromatic nitrogens is 1. The molecule has 0 bridgehead atoms. The molecular formula is C26H21NO. The molecule has 2 nitrogen and oxygen atoms in total. The van der Waals surface area contributed by atoms with E-state index in [9.17, 15) is 4.79 Å². The van der Waals surface area contributed by atoms with Gasteiger partial charge in [0.05, 0.1) is 11.3 Å². The van der Waals surface area contributed by atoms with E-state index >= 15 is 0 Å². The average molecular weight is 363 g/mol. The number of hydrogen-bond donors (Lipinski definition) is 0. The third-order valence-electron chi connectivity index (χ3n) is 5.54. The lowest BCUT2D eigenvalue weighted by Gasteiger charge is -2.11. The van der Waals surface area contributed by atoms with Gasteiger partial charge in [0.2, 0.25) is 0 Å². The van der Waals surface area contributed by atoms with Crippen LogP contribution in [-0.2, 0) is 13.0 Å². The molecule has 0 atom stereocenters. The van der Waals surface area contributed by atoms with Gasteiger partial charge in [-0.2, -0.15) is 0 Å². The highest BCUT2D eigenvalue weighted by Crippen LogP contribution is 2.42. The highest BCUT2D eigenvalue weighted by atomic mass is 16.1. The van der Waals surface area contributed by atoms with Crippen molar-refractivity contribution in [3.05, 3.63) is 108 Å². The van der Waals surface area contributed by atoms with E-state index in [4.69, 9.17) is 0 Å². The van der Waals surface area contributed by atoms with E-state index in [1.807, 2.05) is 66.7 Å². The summed E-state index contributed by atoms with van der Waals surface area (Å²) in [5.74, 6) is 0.0974. The fraction of sp³-hybridized carbons (Fsp3) is 0.115. The van der Waals surface area contributed by atoms with E-state index in [2.05, 4.69) is 28.8 Å². The normalized spacial score (nSPS) is 12.7. The minimum atomic E-state index is 0.0974. The van der Waals surface area contributed by atoms with E-state index in [1.54, 1.807) is 0 Å². The minimum absolute atomic E-state index is 0.0974. The average Bonchev–Trinajstić information content (AvgIpc) is 3.35. The van der Waals surface area contributed by atoms with Gasteiger partial charge in [0.25, 0.3) is 0 Å². The van der Waals surface area contributed by atoms with Crippen LogP contribution >= 0.6 is 0 Å². The third kappa shape index (κ3) is 2.69. The van der Waals surface area contributed by atoms with Gasteiger partial charge in [0.15, 0.2) is 5.78 Å². The molecule has 0 saturated heterocycles. The number of ketones is 1. The molecule has 0 radical (unpaired) electrons. The molecule has 0 saturated carbocycles. The second kappa shape index (κ2) is 6.97. The quantitative estimate of drug-likeness (QED) is 0.408. The molecule has 0 fully saturated rings. The molecule has 2 heteroatoms. The fourth-order valence-electron chi connectivity index (χ4n) is 4.35. The maximum atomic E-state index is 13.7. The van der Waals surface area contributed by atoms with Crippen molar-refractivity contribution in [1.29, 1.82) is 0 Å². The van der Waals surface area contributed by atoms with Crippen LogP contribution < -0.4 is 0 Å². The van der Waals surface area contributed by atoms with Crippen LogP contribution in [0.3, 0.4) is 0 Å². The summed E-state index contributed by atoms with van der Waals surface area (Å²) in [5, 5.41) is 0. The maximum absolute atomic E-state index is 13.7. The number of rotatable bonds is 4. The van der Waals surface area contributed by atoms with Crippen LogP contribution in [0.4, 0.5) is 0 Å². The van der Waals surface area contributed by atoms with Crippen molar-refractivity contribution in [2.24, 2.45) is 0 Å². The summed E-state index contributed by atoms with van der Waals surface area (Å²) in [5.41, 5.74) is 7.23. The summed E-state index contributed by atoms with van der Waals surface area (Å²) in [6.07, 6.45) is 2.13. The Balaban J connectivity index is 1.84. The first-order valence-corrected chi connectivity index (χ1v) is 9.80. The molecule has 28 heavy (non-hydrogen) atoms. The second-order valence-corrected chi connectivity index (χ2v) is 7.23. The Morgan fingerprint density at radius 3 is 1.93 bits per heavy atom. The van der Waals surface area contributed by atoms with Crippen molar-refractivity contribution in [1.82, 2.24) is 4.57 Å². The molecule has 5 rings (SSSR count). The lowest BCUT2D eigenvalue weighted by molar-refractivity contribution is 0.104. The van der Waals surface area contributed by atoms with E-state index in [-0.39, 0.29) is 5.78 Å². The molecule has 2 heterocycles. The first-order chi connectivity index (χ1) is 13.8. The molecule has 1 aliphatic rings. The molecule has 136 valence electrons. The zero-order chi connectivity index (χ0) is 18.9. The van der Waals surface area contributed by atoms with Crippen LogP contribution in [0.15, 0.2) is 91.0 Å². The molecule has 4 aromatic rings. The highest BCUT2D eigenvalue weighted by molar-refractivity contribution is 6.17. The van der Waals surface area contributed by atoms with Gasteiger partial charge in [-0.15, -0.1) is 0 Å². The van der Waals surface area contributed by atoms with Crippen molar-refractivity contribution in [2.75, 3.05) is 0 Å². The van der Waals surface area contributed by atoms with Crippen LogP contribution in [0.5, 0.6) is 0 Å². The first kappa shape index (κ1) is 16.8. The van der Waals surface area contributed by atoms with E-state index in [0.717, 1.165) is 52.9 Å². The molecule has 3 aromatic carbocycles. The predicted octanol–water partition coefficient (Wildman–Crippen LogP) is 6.00. The van der Waals surface area contributed by atoms with Crippen LogP contribution in [-0.4, -0.2) is 10.4 Å². The molecule has 0 spiro atoms. The Hall–Kier alpha value is -3.39. The van der Waals surface area contributed by atoms with Gasteiger partial charge in [-0.3, -0.25) is 4.79 Å². The summed E-state index contributed by atoms with van der Waals surface area (Å²) < 4.78 is 2.37. The largest absolute Gasteiger partial charge is 0.343 e. The lowest BCUT2D eigenvalue weighted by atomic mass is 9.91. The van der Waals surface area contributed by atoms with Gasteiger partial charge >= 0.3 is 0 Å². The Labute approximate surface area is 165 Å². The summed E-state index contributed by atoms with van der Waals surface area (Å²) in [6.45, 7) is 0.960. The Bertz CT molecular complexity index is 1060. The summed E-state index contributed by atoms with van der Waals surface area (Å²) in [7, 11) is 0. The monoisotopic (exact) mass is 363 g/mol. The zero-order valence-corrected chi connectivity index (χ0v) is 15.6. The number of carbonyl (C=O) groups excluding carboxylic acids is 1. The number of carbonyl (C=O) groups is 1. The standard InChI is InChI=1S/C26H21NO/c28-26(21-15-8-3-9-16-21)24-23(19-11-4-1-5-12-19)22-17-10-18-27(22)25(24)20-13-6-2-7-14-20/h1-9,11-16H,10,17-18H2. The fourth-order valence-corrected chi connectivity index (χ4v) is 4.35. The number of benzene rings is 3. The van der Waals surface area contributed by atoms with Crippen molar-refractivity contribution in [3.8, 4) is 22.4 Å². The van der Waals surface area contributed by atoms with Crippen molar-refractivity contribution in [3.63, 3.8) is 0 Å². The van der Waals surface area contributed by atoms with Gasteiger partial charge in [0, 0.05) is 23.4 Å². The molecule has 0 amide bonds.